The van der Waals surface area contributed by atoms with Gasteiger partial charge in [0, 0.05) is 5.56 Å². The molecule has 0 amide bonds. The molecular weight excluding hydrogens is 181 g/mol. The van der Waals surface area contributed by atoms with Gasteiger partial charge in [0.15, 0.2) is 19.9 Å². The number of hydrogen-bond donors (Lipinski definition) is 0. The smallest absolute Gasteiger partial charge is 0.197 e. The monoisotopic (exact) mass is 192 g/mol. The van der Waals surface area contributed by atoms with E-state index >= 15 is 0 Å². The number of ether oxygens (including phenoxy) is 1. The van der Waals surface area contributed by atoms with Gasteiger partial charge in [-0.3, -0.25) is 4.79 Å². The van der Waals surface area contributed by atoms with Gasteiger partial charge in [0.1, 0.15) is 13.6 Å². The molecule has 0 aliphatic carbocycles. The Morgan fingerprint density at radius 2 is 2.21 bits per heavy atom. The van der Waals surface area contributed by atoms with Crippen molar-refractivity contribution in [3.8, 4) is 5.75 Å². The molecule has 1 aromatic carbocycles. The first-order valence-corrected chi connectivity index (χ1v) is 4.43. The van der Waals surface area contributed by atoms with Gasteiger partial charge < -0.3 is 4.74 Å². The molecule has 0 bridgehead atoms. The summed E-state index contributed by atoms with van der Waals surface area (Å²) in [6, 6.07) is 4.94. The van der Waals surface area contributed by atoms with Crippen molar-refractivity contribution in [2.24, 2.45) is 0 Å². The van der Waals surface area contributed by atoms with E-state index in [9.17, 15) is 9.18 Å². The highest BCUT2D eigenvalue weighted by molar-refractivity contribution is 6.34. The summed E-state index contributed by atoms with van der Waals surface area (Å²) in [5.41, 5.74) is 1.38. The van der Waals surface area contributed by atoms with E-state index in [0.29, 0.717) is 11.3 Å². The lowest BCUT2D eigenvalue weighted by Gasteiger charge is -2.10. The van der Waals surface area contributed by atoms with E-state index in [2.05, 4.69) is 0 Å². The van der Waals surface area contributed by atoms with E-state index in [4.69, 9.17) is 4.74 Å². The van der Waals surface area contributed by atoms with Crippen LogP contribution in [0.25, 0.3) is 0 Å². The number of benzene rings is 1. The zero-order chi connectivity index (χ0) is 10.7. The number of ketones is 1. The van der Waals surface area contributed by atoms with Gasteiger partial charge >= 0.3 is 0 Å². The molecule has 2 nitrogen and oxygen atoms in total. The third-order valence-electron chi connectivity index (χ3n) is 1.87. The summed E-state index contributed by atoms with van der Waals surface area (Å²) in [7, 11) is 3.10. The van der Waals surface area contributed by atoms with Crippen molar-refractivity contribution in [2.45, 2.75) is 13.2 Å². The van der Waals surface area contributed by atoms with E-state index in [0.717, 1.165) is 5.46 Å². The van der Waals surface area contributed by atoms with Crippen molar-refractivity contribution >= 4 is 26.9 Å². The van der Waals surface area contributed by atoms with Crippen LogP contribution in [0.15, 0.2) is 18.2 Å². The molecule has 0 radical (unpaired) electrons. The molecule has 72 valence electrons. The van der Waals surface area contributed by atoms with Crippen molar-refractivity contribution in [3.63, 3.8) is 0 Å². The number of hydrogen-bond acceptors (Lipinski definition) is 2. The second-order valence-corrected chi connectivity index (χ2v) is 3.20. The molecule has 0 aromatic heterocycles. The molecule has 0 heterocycles. The van der Waals surface area contributed by atoms with E-state index in [1.54, 1.807) is 26.0 Å². The van der Waals surface area contributed by atoms with Gasteiger partial charge in [-0.1, -0.05) is 6.07 Å². The minimum Gasteiger partial charge on any atom is -0.470 e. The molecule has 0 spiro atoms. The Bertz CT molecular complexity index is 353. The number of carbonyl (C=O) groups is 1. The third kappa shape index (κ3) is 2.62. The maximum absolute atomic E-state index is 12.5. The molecule has 1 unspecified atom stereocenters. The van der Waals surface area contributed by atoms with E-state index < -0.39 is 6.26 Å². The summed E-state index contributed by atoms with van der Waals surface area (Å²) in [6.07, 6.45) is -1.34. The molecule has 1 aromatic rings. The summed E-state index contributed by atoms with van der Waals surface area (Å²) in [6.45, 7) is 1.49. The van der Waals surface area contributed by atoms with E-state index in [1.807, 2.05) is 0 Å². The number of rotatable bonds is 3. The third-order valence-corrected chi connectivity index (χ3v) is 1.87. The van der Waals surface area contributed by atoms with Crippen molar-refractivity contribution < 1.29 is 13.9 Å². The Morgan fingerprint density at radius 3 is 2.64 bits per heavy atom. The van der Waals surface area contributed by atoms with Crippen molar-refractivity contribution in [1.29, 1.82) is 0 Å². The molecule has 0 saturated carbocycles. The maximum Gasteiger partial charge on any atom is 0.197 e. The van der Waals surface area contributed by atoms with Crippen molar-refractivity contribution in [2.75, 3.05) is 0 Å². The highest BCUT2D eigenvalue weighted by Gasteiger charge is 2.06. The molecule has 5 heteroatoms. The number of carbonyl (C=O) groups excluding carboxylic acids is 1. The predicted octanol–water partition coefficient (Wildman–Crippen LogP) is -0.587. The van der Waals surface area contributed by atoms with Crippen LogP contribution < -0.4 is 10.2 Å². The fraction of sp³-hybridized carbons (Fsp3) is 0.222. The van der Waals surface area contributed by atoms with Crippen LogP contribution in [-0.2, 0) is 0 Å². The Kier molecular flexibility index (Phi) is 3.33. The van der Waals surface area contributed by atoms with Gasteiger partial charge in [-0.15, -0.1) is 0 Å². The number of Topliss-reactive ketones (excluding diaryl/α,β-unsaturated/α-hetero) is 1. The summed E-state index contributed by atoms with van der Waals surface area (Å²) in [4.78, 5) is 11.0. The molecule has 0 saturated heterocycles. The van der Waals surface area contributed by atoms with Gasteiger partial charge in [0.05, 0.1) is 0 Å². The van der Waals surface area contributed by atoms with Gasteiger partial charge in [0.25, 0.3) is 0 Å². The van der Waals surface area contributed by atoms with Crippen LogP contribution in [-0.4, -0.2) is 27.7 Å². The van der Waals surface area contributed by atoms with Crippen LogP contribution in [0.3, 0.4) is 0 Å². The minimum absolute atomic E-state index is 0.00653. The lowest BCUT2D eigenvalue weighted by atomic mass is 9.92. The fourth-order valence-corrected chi connectivity index (χ4v) is 1.18. The van der Waals surface area contributed by atoms with Crippen LogP contribution in [0.5, 0.6) is 5.75 Å². The zero-order valence-electron chi connectivity index (χ0n) is 8.50. The molecule has 0 fully saturated rings. The second-order valence-electron chi connectivity index (χ2n) is 3.20. The number of alkyl halides is 1. The van der Waals surface area contributed by atoms with Gasteiger partial charge in [-0.2, -0.15) is 0 Å². The van der Waals surface area contributed by atoms with Crippen molar-refractivity contribution in [1.82, 2.24) is 0 Å². The first-order valence-electron chi connectivity index (χ1n) is 4.43. The number of halogens is 1. The average molecular weight is 192 g/mol. The predicted molar refractivity (Wildman–Crippen MR) is 58.7 cm³/mol. The lowest BCUT2D eigenvalue weighted by Crippen LogP contribution is -2.17. The van der Waals surface area contributed by atoms with Gasteiger partial charge in [-0.25, -0.2) is 4.39 Å². The quantitative estimate of drug-likeness (QED) is 0.472. The van der Waals surface area contributed by atoms with Gasteiger partial charge in [-0.05, 0) is 24.5 Å². The first kappa shape index (κ1) is 10.8. The summed E-state index contributed by atoms with van der Waals surface area (Å²) in [5, 5.41) is 0. The zero-order valence-corrected chi connectivity index (χ0v) is 8.50. The fourth-order valence-electron chi connectivity index (χ4n) is 1.18. The molecule has 1 atom stereocenters. The van der Waals surface area contributed by atoms with Crippen LogP contribution in [0.4, 0.5) is 4.39 Å². The molecule has 1 rings (SSSR count). The molecule has 0 aliphatic rings. The second kappa shape index (κ2) is 4.31. The highest BCUT2D eigenvalue weighted by atomic mass is 19.1. The Balaban J connectivity index is 2.95. The summed E-state index contributed by atoms with van der Waals surface area (Å²) < 4.78 is 17.4. The molecule has 14 heavy (non-hydrogen) atoms. The van der Waals surface area contributed by atoms with Crippen LogP contribution in [0, 0.1) is 0 Å². The largest absolute Gasteiger partial charge is 0.470 e. The van der Waals surface area contributed by atoms with Crippen LogP contribution >= 0.6 is 0 Å². The van der Waals surface area contributed by atoms with Crippen LogP contribution in [0.1, 0.15) is 17.3 Å². The van der Waals surface area contributed by atoms with Crippen molar-refractivity contribution in [3.05, 3.63) is 23.8 Å². The first-order chi connectivity index (χ1) is 6.50. The Labute approximate surface area is 84.3 Å². The summed E-state index contributed by atoms with van der Waals surface area (Å²) >= 11 is 0. The van der Waals surface area contributed by atoms with Crippen LogP contribution in [0.2, 0.25) is 0 Å². The molecular formula is C9H11B2FO2. The molecule has 0 aliphatic heterocycles. The summed E-state index contributed by atoms with van der Waals surface area (Å²) in [5.74, 6) is 0.470. The lowest BCUT2D eigenvalue weighted by molar-refractivity contribution is 0.101. The maximum atomic E-state index is 12.5. The SMILES string of the molecule is Bc1cc(C(C)=O)ccc1OC(B)F. The average Bonchev–Trinajstić information content (AvgIpc) is 2.07. The minimum atomic E-state index is -1.34. The van der Waals surface area contributed by atoms with E-state index in [-0.39, 0.29) is 5.78 Å². The highest BCUT2D eigenvalue weighted by Crippen LogP contribution is 2.10. The topological polar surface area (TPSA) is 26.3 Å². The Hall–Kier alpha value is -1.25. The van der Waals surface area contributed by atoms with E-state index in [1.165, 1.54) is 14.8 Å². The van der Waals surface area contributed by atoms with Gasteiger partial charge in [0.2, 0.25) is 0 Å². The normalized spacial score (nSPS) is 12.1. The standard InChI is InChI=1S/C9H11B2FO2/c1-5(13)6-2-3-8(7(10)4-6)14-9(11)12/h2-4,9H,10-11H2,1H3. The Morgan fingerprint density at radius 1 is 1.57 bits per heavy atom. The molecule has 0 N–H and O–H groups in total.